The number of rotatable bonds is 4. The molecule has 0 saturated carbocycles. The molecular formula is C12H10ClN3O4. The van der Waals surface area contributed by atoms with E-state index >= 15 is 0 Å². The van der Waals surface area contributed by atoms with Crippen molar-refractivity contribution in [3.05, 3.63) is 61.4 Å². The van der Waals surface area contributed by atoms with Gasteiger partial charge in [0, 0.05) is 23.2 Å². The lowest BCUT2D eigenvalue weighted by Gasteiger charge is -2.07. The average Bonchev–Trinajstić information content (AvgIpc) is 2.42. The van der Waals surface area contributed by atoms with Gasteiger partial charge in [0.25, 0.3) is 11.2 Å². The molecule has 20 heavy (non-hydrogen) atoms. The molecule has 1 heterocycles. The lowest BCUT2D eigenvalue weighted by Crippen LogP contribution is -2.23. The highest BCUT2D eigenvalue weighted by molar-refractivity contribution is 6.30. The van der Waals surface area contributed by atoms with Crippen molar-refractivity contribution in [3.8, 4) is 5.88 Å². The van der Waals surface area contributed by atoms with Crippen LogP contribution >= 0.6 is 11.6 Å². The molecule has 0 N–H and O–H groups in total. The van der Waals surface area contributed by atoms with E-state index in [1.165, 1.54) is 37.4 Å². The number of ether oxygens (including phenoxy) is 1. The zero-order valence-corrected chi connectivity index (χ0v) is 11.2. The predicted octanol–water partition coefficient (Wildman–Crippen LogP) is 1.86. The normalized spacial score (nSPS) is 10.3. The van der Waals surface area contributed by atoms with E-state index in [0.29, 0.717) is 5.56 Å². The van der Waals surface area contributed by atoms with Crippen molar-refractivity contribution < 1.29 is 9.66 Å². The van der Waals surface area contributed by atoms with Crippen molar-refractivity contribution in [1.29, 1.82) is 0 Å². The van der Waals surface area contributed by atoms with Gasteiger partial charge in [0.15, 0.2) is 0 Å². The maximum atomic E-state index is 11.7. The van der Waals surface area contributed by atoms with Crippen molar-refractivity contribution in [2.75, 3.05) is 7.11 Å². The lowest BCUT2D eigenvalue weighted by atomic mass is 10.2. The van der Waals surface area contributed by atoms with Crippen molar-refractivity contribution in [3.63, 3.8) is 0 Å². The minimum atomic E-state index is -0.549. The summed E-state index contributed by atoms with van der Waals surface area (Å²) in [5.41, 5.74) is -0.202. The number of halogens is 1. The fourth-order valence-corrected chi connectivity index (χ4v) is 1.82. The van der Waals surface area contributed by atoms with Crippen LogP contribution in [0.25, 0.3) is 0 Å². The largest absolute Gasteiger partial charge is 0.480 e. The summed E-state index contributed by atoms with van der Waals surface area (Å²) in [5, 5.41) is 15.2. The molecule has 104 valence electrons. The van der Waals surface area contributed by atoms with Crippen molar-refractivity contribution in [2.24, 2.45) is 0 Å². The summed E-state index contributed by atoms with van der Waals surface area (Å²) in [4.78, 5) is 22.1. The Morgan fingerprint density at radius 2 is 2.15 bits per heavy atom. The molecule has 0 aliphatic heterocycles. The third-order valence-electron chi connectivity index (χ3n) is 2.62. The van der Waals surface area contributed by atoms with Crippen LogP contribution in [0.1, 0.15) is 5.56 Å². The molecule has 0 bridgehead atoms. The third kappa shape index (κ3) is 2.94. The first-order valence-corrected chi connectivity index (χ1v) is 5.94. The zero-order valence-electron chi connectivity index (χ0n) is 10.4. The summed E-state index contributed by atoms with van der Waals surface area (Å²) in [6.07, 6.45) is 0. The number of methoxy groups -OCH3 is 1. The van der Waals surface area contributed by atoms with Gasteiger partial charge in [-0.2, -0.15) is 0 Å². The van der Waals surface area contributed by atoms with Gasteiger partial charge in [-0.3, -0.25) is 14.9 Å². The quantitative estimate of drug-likeness (QED) is 0.634. The molecule has 7 nitrogen and oxygen atoms in total. The summed E-state index contributed by atoms with van der Waals surface area (Å²) < 4.78 is 6.01. The minimum absolute atomic E-state index is 0.0382. The highest BCUT2D eigenvalue weighted by atomic mass is 35.5. The molecule has 0 unspecified atom stereocenters. The van der Waals surface area contributed by atoms with Crippen LogP contribution in [0.15, 0.2) is 35.1 Å². The standard InChI is InChI=1S/C12H10ClN3O4/c1-20-11-4-5-12(17)15(14-11)7-8-2-3-9(13)6-10(8)16(18)19/h2-6H,7H2,1H3. The second kappa shape index (κ2) is 5.70. The Bertz CT molecular complexity index is 714. The number of nitrogens with zero attached hydrogens (tertiary/aromatic N) is 3. The van der Waals surface area contributed by atoms with Gasteiger partial charge in [0.05, 0.1) is 24.1 Å². The number of benzene rings is 1. The molecule has 0 amide bonds. The monoisotopic (exact) mass is 295 g/mol. The molecule has 0 saturated heterocycles. The number of nitro benzene ring substituents is 1. The first-order chi connectivity index (χ1) is 9.51. The number of hydrogen-bond donors (Lipinski definition) is 0. The predicted molar refractivity (Wildman–Crippen MR) is 72.3 cm³/mol. The van der Waals surface area contributed by atoms with E-state index in [0.717, 1.165) is 4.68 Å². The van der Waals surface area contributed by atoms with Crippen molar-refractivity contribution in [1.82, 2.24) is 9.78 Å². The van der Waals surface area contributed by atoms with Gasteiger partial charge in [-0.1, -0.05) is 11.6 Å². The smallest absolute Gasteiger partial charge is 0.275 e. The molecular weight excluding hydrogens is 286 g/mol. The van der Waals surface area contributed by atoms with E-state index in [-0.39, 0.29) is 28.7 Å². The maximum Gasteiger partial charge on any atom is 0.275 e. The topological polar surface area (TPSA) is 87.3 Å². The van der Waals surface area contributed by atoms with Gasteiger partial charge in [0.2, 0.25) is 5.88 Å². The van der Waals surface area contributed by atoms with Gasteiger partial charge >= 0.3 is 0 Å². The third-order valence-corrected chi connectivity index (χ3v) is 2.85. The number of nitro groups is 1. The molecule has 0 aliphatic carbocycles. The Balaban J connectivity index is 2.44. The highest BCUT2D eigenvalue weighted by Gasteiger charge is 2.15. The molecule has 0 radical (unpaired) electrons. The van der Waals surface area contributed by atoms with Gasteiger partial charge in [0.1, 0.15) is 0 Å². The second-order valence-corrected chi connectivity index (χ2v) is 4.34. The first kappa shape index (κ1) is 14.0. The second-order valence-electron chi connectivity index (χ2n) is 3.90. The van der Waals surface area contributed by atoms with Crippen LogP contribution in [-0.2, 0) is 6.54 Å². The van der Waals surface area contributed by atoms with Crippen LogP contribution in [0.3, 0.4) is 0 Å². The van der Waals surface area contributed by atoms with E-state index in [2.05, 4.69) is 5.10 Å². The molecule has 2 aromatic rings. The minimum Gasteiger partial charge on any atom is -0.480 e. The summed E-state index contributed by atoms with van der Waals surface area (Å²) in [7, 11) is 1.42. The van der Waals surface area contributed by atoms with E-state index in [9.17, 15) is 14.9 Å². The van der Waals surface area contributed by atoms with E-state index in [1.54, 1.807) is 0 Å². The number of hydrogen-bond acceptors (Lipinski definition) is 5. The number of aromatic nitrogens is 2. The van der Waals surface area contributed by atoms with Crippen LogP contribution in [-0.4, -0.2) is 21.8 Å². The van der Waals surface area contributed by atoms with Crippen LogP contribution in [0, 0.1) is 10.1 Å². The van der Waals surface area contributed by atoms with Gasteiger partial charge in [-0.15, -0.1) is 5.10 Å². The molecule has 1 aromatic heterocycles. The fourth-order valence-electron chi connectivity index (χ4n) is 1.65. The Hall–Kier alpha value is -2.41. The molecule has 1 aromatic carbocycles. The van der Waals surface area contributed by atoms with Gasteiger partial charge in [-0.25, -0.2) is 4.68 Å². The maximum absolute atomic E-state index is 11.7. The van der Waals surface area contributed by atoms with Crippen LogP contribution < -0.4 is 10.3 Å². The van der Waals surface area contributed by atoms with Crippen molar-refractivity contribution in [2.45, 2.75) is 6.54 Å². The Morgan fingerprint density at radius 1 is 1.40 bits per heavy atom. The summed E-state index contributed by atoms with van der Waals surface area (Å²) in [6.45, 7) is -0.0382. The summed E-state index contributed by atoms with van der Waals surface area (Å²) >= 11 is 5.73. The highest BCUT2D eigenvalue weighted by Crippen LogP contribution is 2.23. The van der Waals surface area contributed by atoms with E-state index in [4.69, 9.17) is 16.3 Å². The van der Waals surface area contributed by atoms with E-state index in [1.807, 2.05) is 0 Å². The first-order valence-electron chi connectivity index (χ1n) is 5.56. The fraction of sp³-hybridized carbons (Fsp3) is 0.167. The van der Waals surface area contributed by atoms with Crippen LogP contribution in [0.2, 0.25) is 5.02 Å². The molecule has 0 spiro atoms. The Morgan fingerprint density at radius 3 is 2.80 bits per heavy atom. The van der Waals surface area contributed by atoms with Gasteiger partial charge in [-0.05, 0) is 12.1 Å². The average molecular weight is 296 g/mol. The van der Waals surface area contributed by atoms with Gasteiger partial charge < -0.3 is 4.74 Å². The lowest BCUT2D eigenvalue weighted by molar-refractivity contribution is -0.385. The molecule has 0 fully saturated rings. The molecule has 0 atom stereocenters. The molecule has 0 aliphatic rings. The molecule has 8 heteroatoms. The summed E-state index contributed by atoms with van der Waals surface area (Å²) in [6, 6.07) is 6.97. The Labute approximate surface area is 118 Å². The zero-order chi connectivity index (χ0) is 14.7. The summed E-state index contributed by atoms with van der Waals surface area (Å²) in [5.74, 6) is 0.251. The Kier molecular flexibility index (Phi) is 3.99. The van der Waals surface area contributed by atoms with Crippen LogP contribution in [0.4, 0.5) is 5.69 Å². The van der Waals surface area contributed by atoms with Crippen molar-refractivity contribution >= 4 is 17.3 Å². The molecule has 2 rings (SSSR count). The SMILES string of the molecule is COc1ccc(=O)n(Cc2ccc(Cl)cc2[N+](=O)[O-])n1. The van der Waals surface area contributed by atoms with E-state index < -0.39 is 4.92 Å². The van der Waals surface area contributed by atoms with Crippen LogP contribution in [0.5, 0.6) is 5.88 Å².